The van der Waals surface area contributed by atoms with Crippen molar-refractivity contribution in [3.63, 3.8) is 0 Å². The Kier molecular flexibility index (Phi) is 3.97. The van der Waals surface area contributed by atoms with Crippen LogP contribution < -0.4 is 10.6 Å². The fraction of sp³-hybridized carbons (Fsp3) is 0.500. The minimum atomic E-state index is -0.306. The second kappa shape index (κ2) is 5.48. The van der Waals surface area contributed by atoms with Gasteiger partial charge in [-0.15, -0.1) is 0 Å². The first kappa shape index (κ1) is 13.0. The number of carbonyl (C=O) groups excluding carboxylic acids is 1. The summed E-state index contributed by atoms with van der Waals surface area (Å²) < 4.78 is 13.0. The third-order valence-electron chi connectivity index (χ3n) is 3.39. The molecule has 3 nitrogen and oxygen atoms in total. The quantitative estimate of drug-likeness (QED) is 0.843. The van der Waals surface area contributed by atoms with E-state index in [1.54, 1.807) is 13.0 Å². The normalized spacial score (nSPS) is 23.7. The molecule has 0 radical (unpaired) electrons. The fourth-order valence-electron chi connectivity index (χ4n) is 2.41. The predicted octanol–water partition coefficient (Wildman–Crippen LogP) is 2.00. The zero-order valence-corrected chi connectivity index (χ0v) is 10.8. The van der Waals surface area contributed by atoms with Crippen LogP contribution in [0.4, 0.5) is 4.39 Å². The lowest BCUT2D eigenvalue weighted by Gasteiger charge is -2.28. The van der Waals surface area contributed by atoms with Gasteiger partial charge in [-0.25, -0.2) is 4.39 Å². The molecule has 1 aromatic carbocycles. The van der Waals surface area contributed by atoms with Gasteiger partial charge < -0.3 is 10.6 Å². The van der Waals surface area contributed by atoms with Crippen LogP contribution in [0.15, 0.2) is 18.2 Å². The molecule has 2 N–H and O–H groups in total. The van der Waals surface area contributed by atoms with Crippen LogP contribution in [-0.4, -0.2) is 24.5 Å². The van der Waals surface area contributed by atoms with Gasteiger partial charge in [0.05, 0.1) is 0 Å². The van der Waals surface area contributed by atoms with E-state index >= 15 is 0 Å². The molecule has 0 bridgehead atoms. The monoisotopic (exact) mass is 250 g/mol. The maximum atomic E-state index is 13.0. The Labute approximate surface area is 107 Å². The molecule has 0 aromatic heterocycles. The number of benzene rings is 1. The summed E-state index contributed by atoms with van der Waals surface area (Å²) in [6.07, 6.45) is 1.88. The molecule has 1 aromatic rings. The topological polar surface area (TPSA) is 41.1 Å². The van der Waals surface area contributed by atoms with Crippen molar-refractivity contribution in [3.8, 4) is 0 Å². The van der Waals surface area contributed by atoms with E-state index in [9.17, 15) is 9.18 Å². The van der Waals surface area contributed by atoms with Crippen molar-refractivity contribution in [2.45, 2.75) is 38.8 Å². The average Bonchev–Trinajstić information content (AvgIpc) is 2.28. The molecule has 1 aliphatic rings. The van der Waals surface area contributed by atoms with Crippen LogP contribution in [0.25, 0.3) is 0 Å². The number of nitrogens with one attached hydrogen (secondary N) is 2. The Bertz CT molecular complexity index is 447. The smallest absolute Gasteiger partial charge is 0.251 e. The second-order valence-corrected chi connectivity index (χ2v) is 5.01. The highest BCUT2D eigenvalue weighted by molar-refractivity contribution is 5.95. The summed E-state index contributed by atoms with van der Waals surface area (Å²) in [5.74, 6) is -0.411. The third-order valence-corrected chi connectivity index (χ3v) is 3.39. The summed E-state index contributed by atoms with van der Waals surface area (Å²) in [5.41, 5.74) is 1.23. The van der Waals surface area contributed by atoms with Crippen LogP contribution in [-0.2, 0) is 0 Å². The maximum Gasteiger partial charge on any atom is 0.251 e. The fourth-order valence-corrected chi connectivity index (χ4v) is 2.41. The van der Waals surface area contributed by atoms with Gasteiger partial charge in [-0.05, 0) is 57.0 Å². The molecule has 1 amide bonds. The number of halogens is 1. The van der Waals surface area contributed by atoms with Gasteiger partial charge in [0.25, 0.3) is 5.91 Å². The standard InChI is InChI=1S/C14H19FN2O/c1-9-7-11(15)3-4-13(9)14(18)17-12-5-6-16-10(2)8-12/h3-4,7,10,12,16H,5-6,8H2,1-2H3,(H,17,18). The molecule has 1 fully saturated rings. The van der Waals surface area contributed by atoms with E-state index in [1.807, 2.05) is 0 Å². The minimum absolute atomic E-state index is 0.105. The Morgan fingerprint density at radius 2 is 2.28 bits per heavy atom. The lowest BCUT2D eigenvalue weighted by atomic mass is 9.99. The van der Waals surface area contributed by atoms with Gasteiger partial charge >= 0.3 is 0 Å². The zero-order chi connectivity index (χ0) is 13.1. The van der Waals surface area contributed by atoms with E-state index in [4.69, 9.17) is 0 Å². The summed E-state index contributed by atoms with van der Waals surface area (Å²) in [6, 6.07) is 4.90. The lowest BCUT2D eigenvalue weighted by molar-refractivity contribution is 0.0925. The Balaban J connectivity index is 2.03. The highest BCUT2D eigenvalue weighted by Crippen LogP contribution is 2.13. The predicted molar refractivity (Wildman–Crippen MR) is 69.1 cm³/mol. The minimum Gasteiger partial charge on any atom is -0.349 e. The highest BCUT2D eigenvalue weighted by Gasteiger charge is 2.21. The van der Waals surface area contributed by atoms with Crippen LogP contribution in [0, 0.1) is 12.7 Å². The molecule has 0 spiro atoms. The van der Waals surface area contributed by atoms with Crippen LogP contribution in [0.2, 0.25) is 0 Å². The summed E-state index contributed by atoms with van der Waals surface area (Å²) in [7, 11) is 0. The number of hydrogen-bond donors (Lipinski definition) is 2. The molecule has 2 rings (SSSR count). The van der Waals surface area contributed by atoms with Crippen molar-refractivity contribution < 1.29 is 9.18 Å². The molecule has 1 heterocycles. The number of aryl methyl sites for hydroxylation is 1. The first-order valence-electron chi connectivity index (χ1n) is 6.36. The van der Waals surface area contributed by atoms with Gasteiger partial charge in [-0.1, -0.05) is 0 Å². The number of piperidine rings is 1. The molecule has 2 unspecified atom stereocenters. The van der Waals surface area contributed by atoms with Gasteiger partial charge in [-0.3, -0.25) is 4.79 Å². The van der Waals surface area contributed by atoms with Gasteiger partial charge in [0.1, 0.15) is 5.82 Å². The van der Waals surface area contributed by atoms with Crippen molar-refractivity contribution in [2.24, 2.45) is 0 Å². The van der Waals surface area contributed by atoms with Crippen molar-refractivity contribution in [3.05, 3.63) is 35.1 Å². The van der Waals surface area contributed by atoms with E-state index in [0.717, 1.165) is 19.4 Å². The van der Waals surface area contributed by atoms with Gasteiger partial charge in [0, 0.05) is 17.6 Å². The number of rotatable bonds is 2. The number of carbonyl (C=O) groups is 1. The molecular formula is C14H19FN2O. The summed E-state index contributed by atoms with van der Waals surface area (Å²) in [5, 5.41) is 6.37. The zero-order valence-electron chi connectivity index (χ0n) is 10.8. The van der Waals surface area contributed by atoms with E-state index in [0.29, 0.717) is 17.2 Å². The molecule has 0 saturated carbocycles. The summed E-state index contributed by atoms with van der Waals surface area (Å²) >= 11 is 0. The van der Waals surface area contributed by atoms with Gasteiger partial charge in [-0.2, -0.15) is 0 Å². The SMILES string of the molecule is Cc1cc(F)ccc1C(=O)NC1CCNC(C)C1. The molecular weight excluding hydrogens is 231 g/mol. The molecule has 4 heteroatoms. The van der Waals surface area contributed by atoms with Crippen molar-refractivity contribution in [1.82, 2.24) is 10.6 Å². The van der Waals surface area contributed by atoms with Crippen molar-refractivity contribution in [2.75, 3.05) is 6.54 Å². The van der Waals surface area contributed by atoms with Crippen LogP contribution in [0.1, 0.15) is 35.7 Å². The van der Waals surface area contributed by atoms with Crippen LogP contribution in [0.5, 0.6) is 0 Å². The maximum absolute atomic E-state index is 13.0. The van der Waals surface area contributed by atoms with Gasteiger partial charge in [0.2, 0.25) is 0 Å². The van der Waals surface area contributed by atoms with Crippen LogP contribution >= 0.6 is 0 Å². The van der Waals surface area contributed by atoms with Gasteiger partial charge in [0.15, 0.2) is 0 Å². The third kappa shape index (κ3) is 3.07. The summed E-state index contributed by atoms with van der Waals surface area (Å²) in [4.78, 5) is 12.1. The average molecular weight is 250 g/mol. The first-order valence-corrected chi connectivity index (χ1v) is 6.36. The second-order valence-electron chi connectivity index (χ2n) is 5.01. The van der Waals surface area contributed by atoms with Crippen molar-refractivity contribution >= 4 is 5.91 Å². The molecule has 0 aliphatic carbocycles. The molecule has 98 valence electrons. The van der Waals surface area contributed by atoms with Crippen molar-refractivity contribution in [1.29, 1.82) is 0 Å². The lowest BCUT2D eigenvalue weighted by Crippen LogP contribution is -2.46. The molecule has 2 atom stereocenters. The Hall–Kier alpha value is -1.42. The Morgan fingerprint density at radius 3 is 2.94 bits per heavy atom. The van der Waals surface area contributed by atoms with E-state index in [1.165, 1.54) is 12.1 Å². The summed E-state index contributed by atoms with van der Waals surface area (Å²) in [6.45, 7) is 4.79. The van der Waals surface area contributed by atoms with Crippen LogP contribution in [0.3, 0.4) is 0 Å². The largest absolute Gasteiger partial charge is 0.349 e. The number of amides is 1. The molecule has 1 saturated heterocycles. The molecule has 1 aliphatic heterocycles. The van der Waals surface area contributed by atoms with E-state index in [2.05, 4.69) is 17.6 Å². The number of hydrogen-bond acceptors (Lipinski definition) is 2. The highest BCUT2D eigenvalue weighted by atomic mass is 19.1. The first-order chi connectivity index (χ1) is 8.56. The van der Waals surface area contributed by atoms with E-state index < -0.39 is 0 Å². The Morgan fingerprint density at radius 1 is 1.50 bits per heavy atom. The van der Waals surface area contributed by atoms with E-state index in [-0.39, 0.29) is 17.8 Å². The molecule has 18 heavy (non-hydrogen) atoms.